The van der Waals surface area contributed by atoms with Crippen molar-refractivity contribution in [2.24, 2.45) is 5.92 Å². The summed E-state index contributed by atoms with van der Waals surface area (Å²) < 4.78 is 25.1. The lowest BCUT2D eigenvalue weighted by atomic mass is 9.94. The largest absolute Gasteiger partial charge is 0.465 e. The molecule has 342 valence electrons. The predicted molar refractivity (Wildman–Crippen MR) is 247 cm³/mol. The summed E-state index contributed by atoms with van der Waals surface area (Å²) in [6.07, 6.45) is 39.0. The lowest BCUT2D eigenvalue weighted by molar-refractivity contribution is -0.149. The molecule has 0 fully saturated rings. The van der Waals surface area contributed by atoms with Crippen molar-refractivity contribution in [2.45, 2.75) is 259 Å². The molecule has 7 nitrogen and oxygen atoms in total. The summed E-state index contributed by atoms with van der Waals surface area (Å²) in [5.74, 6) is 0.157. The Kier molecular flexibility index (Phi) is 43.2. The molecule has 57 heavy (non-hydrogen) atoms. The van der Waals surface area contributed by atoms with Gasteiger partial charge >= 0.3 is 14.5 Å². The zero-order valence-corrected chi connectivity index (χ0v) is 40.4. The van der Waals surface area contributed by atoms with Crippen LogP contribution in [0.5, 0.6) is 0 Å². The second-order valence-corrected chi connectivity index (χ2v) is 21.0. The van der Waals surface area contributed by atoms with Crippen LogP contribution in [0.2, 0.25) is 13.1 Å². The van der Waals surface area contributed by atoms with Gasteiger partial charge in [-0.05, 0) is 103 Å². The SMILES string of the molecule is CCCCCCCCOC(CCCCCC)O[Si](C)(C)OCCCCCCN(CCCCO)CCCCCCOC(=O)C(CCCCCC)CCCCCCCC. The number of esters is 1. The minimum atomic E-state index is -2.26. The van der Waals surface area contributed by atoms with Gasteiger partial charge in [-0.25, -0.2) is 0 Å². The second kappa shape index (κ2) is 43.6. The van der Waals surface area contributed by atoms with Crippen LogP contribution in [0.25, 0.3) is 0 Å². The number of aliphatic hydroxyl groups is 1. The van der Waals surface area contributed by atoms with E-state index in [0.717, 1.165) is 110 Å². The molecule has 0 amide bonds. The highest BCUT2D eigenvalue weighted by atomic mass is 28.4. The smallest absolute Gasteiger partial charge is 0.333 e. The molecule has 0 saturated heterocycles. The van der Waals surface area contributed by atoms with E-state index in [1.54, 1.807) is 0 Å². The van der Waals surface area contributed by atoms with E-state index in [9.17, 15) is 9.90 Å². The first-order valence-corrected chi connectivity index (χ1v) is 28.1. The van der Waals surface area contributed by atoms with Crippen LogP contribution in [0.1, 0.15) is 240 Å². The highest BCUT2D eigenvalue weighted by Gasteiger charge is 2.29. The summed E-state index contributed by atoms with van der Waals surface area (Å²) in [5.41, 5.74) is 0. The van der Waals surface area contributed by atoms with Crippen LogP contribution in [0.4, 0.5) is 0 Å². The first kappa shape index (κ1) is 56.5. The Morgan fingerprint density at radius 1 is 0.491 bits per heavy atom. The summed E-state index contributed by atoms with van der Waals surface area (Å²) in [5, 5.41) is 9.36. The molecule has 0 aliphatic carbocycles. The molecule has 1 N–H and O–H groups in total. The van der Waals surface area contributed by atoms with Crippen molar-refractivity contribution in [3.63, 3.8) is 0 Å². The van der Waals surface area contributed by atoms with Gasteiger partial charge in [-0.2, -0.15) is 0 Å². The van der Waals surface area contributed by atoms with Crippen molar-refractivity contribution in [1.29, 1.82) is 0 Å². The number of rotatable bonds is 47. The average molecular weight is 828 g/mol. The standard InChI is InChI=1S/C49H101NO6Si/c1-7-11-15-19-21-28-38-47(37-27-17-13-9-3)49(52)54-45-35-25-22-30-40-50(42-32-33-43-51)41-31-23-26-36-46-55-57(5,6)56-48(39-29-18-14-10-4)53-44-34-24-20-16-12-8-2/h47-48,51H,7-46H2,1-6H3. The van der Waals surface area contributed by atoms with Crippen molar-refractivity contribution in [2.75, 3.05) is 46.1 Å². The molecule has 0 aromatic carbocycles. The van der Waals surface area contributed by atoms with Gasteiger partial charge in [0.05, 0.1) is 12.5 Å². The molecular formula is C49H101NO6Si. The van der Waals surface area contributed by atoms with E-state index in [2.05, 4.69) is 45.7 Å². The number of aliphatic hydroxyl groups excluding tert-OH is 1. The van der Waals surface area contributed by atoms with Gasteiger partial charge in [-0.3, -0.25) is 4.79 Å². The number of ether oxygens (including phenoxy) is 2. The van der Waals surface area contributed by atoms with Gasteiger partial charge in [-0.1, -0.05) is 169 Å². The molecule has 0 bridgehead atoms. The fraction of sp³-hybridized carbons (Fsp3) is 0.980. The summed E-state index contributed by atoms with van der Waals surface area (Å²) in [6.45, 7) is 19.1. The zero-order chi connectivity index (χ0) is 41.9. The van der Waals surface area contributed by atoms with Crippen molar-refractivity contribution < 1.29 is 28.2 Å². The van der Waals surface area contributed by atoms with Crippen molar-refractivity contribution in [3.05, 3.63) is 0 Å². The minimum Gasteiger partial charge on any atom is -0.465 e. The van der Waals surface area contributed by atoms with Gasteiger partial charge < -0.3 is 28.3 Å². The fourth-order valence-corrected chi connectivity index (χ4v) is 9.23. The van der Waals surface area contributed by atoms with Crippen molar-refractivity contribution >= 4 is 14.5 Å². The van der Waals surface area contributed by atoms with Gasteiger partial charge in [0, 0.05) is 19.8 Å². The average Bonchev–Trinajstić information content (AvgIpc) is 3.19. The van der Waals surface area contributed by atoms with Crippen LogP contribution >= 0.6 is 0 Å². The maximum Gasteiger partial charge on any atom is 0.333 e. The molecule has 0 rings (SSSR count). The highest BCUT2D eigenvalue weighted by molar-refractivity contribution is 6.64. The van der Waals surface area contributed by atoms with E-state index in [1.807, 2.05) is 0 Å². The third-order valence-electron chi connectivity index (χ3n) is 11.5. The third kappa shape index (κ3) is 39.4. The van der Waals surface area contributed by atoms with Gasteiger partial charge in [0.15, 0.2) is 0 Å². The Hall–Kier alpha value is -0.513. The Bertz CT molecular complexity index is 817. The highest BCUT2D eigenvalue weighted by Crippen LogP contribution is 2.22. The zero-order valence-electron chi connectivity index (χ0n) is 39.4. The third-order valence-corrected chi connectivity index (χ3v) is 13.2. The summed E-state index contributed by atoms with van der Waals surface area (Å²) in [6, 6.07) is 0. The first-order chi connectivity index (χ1) is 27.8. The lowest BCUT2D eigenvalue weighted by Crippen LogP contribution is -2.40. The molecule has 0 radical (unpaired) electrons. The number of unbranched alkanes of at least 4 members (excludes halogenated alkanes) is 23. The number of carbonyl (C=O) groups is 1. The summed E-state index contributed by atoms with van der Waals surface area (Å²) in [7, 11) is -2.26. The fourth-order valence-electron chi connectivity index (χ4n) is 7.70. The van der Waals surface area contributed by atoms with Gasteiger partial charge in [0.2, 0.25) is 0 Å². The molecule has 0 aromatic rings. The van der Waals surface area contributed by atoms with Crippen LogP contribution in [-0.2, 0) is 23.1 Å². The van der Waals surface area contributed by atoms with E-state index < -0.39 is 8.56 Å². The normalized spacial score (nSPS) is 13.1. The first-order valence-electron chi connectivity index (χ1n) is 25.3. The van der Waals surface area contributed by atoms with Crippen molar-refractivity contribution in [1.82, 2.24) is 4.90 Å². The molecule has 0 heterocycles. The molecular weight excluding hydrogens is 727 g/mol. The van der Waals surface area contributed by atoms with E-state index in [-0.39, 0.29) is 24.8 Å². The van der Waals surface area contributed by atoms with Gasteiger partial charge in [0.25, 0.3) is 0 Å². The Morgan fingerprint density at radius 3 is 1.42 bits per heavy atom. The van der Waals surface area contributed by atoms with E-state index >= 15 is 0 Å². The van der Waals surface area contributed by atoms with Crippen LogP contribution in [0.15, 0.2) is 0 Å². The van der Waals surface area contributed by atoms with E-state index in [1.165, 1.54) is 135 Å². The predicted octanol–water partition coefficient (Wildman–Crippen LogP) is 14.5. The van der Waals surface area contributed by atoms with Crippen LogP contribution in [0, 0.1) is 5.92 Å². The van der Waals surface area contributed by atoms with Crippen LogP contribution in [0.3, 0.4) is 0 Å². The molecule has 0 aliphatic rings. The lowest BCUT2D eigenvalue weighted by Gasteiger charge is -2.29. The molecule has 0 aliphatic heterocycles. The van der Waals surface area contributed by atoms with Gasteiger partial charge in [0.1, 0.15) is 6.29 Å². The number of hydrogen-bond acceptors (Lipinski definition) is 7. The van der Waals surface area contributed by atoms with Crippen molar-refractivity contribution in [3.8, 4) is 0 Å². The molecule has 0 aromatic heterocycles. The van der Waals surface area contributed by atoms with Crippen LogP contribution < -0.4 is 0 Å². The quantitative estimate of drug-likeness (QED) is 0.0283. The summed E-state index contributed by atoms with van der Waals surface area (Å²) in [4.78, 5) is 15.6. The molecule has 2 unspecified atom stereocenters. The summed E-state index contributed by atoms with van der Waals surface area (Å²) >= 11 is 0. The molecule has 8 heteroatoms. The van der Waals surface area contributed by atoms with E-state index in [0.29, 0.717) is 6.61 Å². The number of hydrogen-bond donors (Lipinski definition) is 1. The second-order valence-electron chi connectivity index (χ2n) is 17.7. The van der Waals surface area contributed by atoms with Gasteiger partial charge in [-0.15, -0.1) is 0 Å². The maximum atomic E-state index is 13.0. The Balaban J connectivity index is 4.42. The Morgan fingerprint density at radius 2 is 0.895 bits per heavy atom. The molecule has 0 spiro atoms. The number of carbonyl (C=O) groups excluding carboxylic acids is 1. The topological polar surface area (TPSA) is 77.5 Å². The molecule has 0 saturated carbocycles. The maximum absolute atomic E-state index is 13.0. The van der Waals surface area contributed by atoms with E-state index in [4.69, 9.17) is 18.3 Å². The number of nitrogens with zero attached hydrogens (tertiary/aromatic N) is 1. The molecule has 2 atom stereocenters. The Labute approximate surface area is 357 Å². The monoisotopic (exact) mass is 828 g/mol. The minimum absolute atomic E-state index is 0.0614. The van der Waals surface area contributed by atoms with Crippen LogP contribution in [-0.4, -0.2) is 76.9 Å².